The first kappa shape index (κ1) is 19.1. The van der Waals surface area contributed by atoms with Crippen molar-refractivity contribution in [1.29, 1.82) is 0 Å². The van der Waals surface area contributed by atoms with Crippen molar-refractivity contribution in [1.82, 2.24) is 4.90 Å². The van der Waals surface area contributed by atoms with E-state index in [1.54, 1.807) is 0 Å². The van der Waals surface area contributed by atoms with Crippen molar-refractivity contribution >= 4 is 5.78 Å². The van der Waals surface area contributed by atoms with Gasteiger partial charge in [-0.05, 0) is 24.9 Å². The number of aliphatic hydroxyl groups excluding tert-OH is 1. The fraction of sp³-hybridized carbons (Fsp3) is 0.667. The largest absolute Gasteiger partial charge is 0.392 e. The Labute approximate surface area is 147 Å². The highest BCUT2D eigenvalue weighted by molar-refractivity contribution is 5.81. The first-order chi connectivity index (χ1) is 11.1. The van der Waals surface area contributed by atoms with Gasteiger partial charge in [0, 0.05) is 36.8 Å². The zero-order valence-corrected chi connectivity index (χ0v) is 15.9. The summed E-state index contributed by atoms with van der Waals surface area (Å²) in [5.74, 6) is 0.852. The van der Waals surface area contributed by atoms with E-state index >= 15 is 0 Å². The van der Waals surface area contributed by atoms with Crippen LogP contribution in [0.5, 0.6) is 0 Å². The smallest absolute Gasteiger partial charge is 0.134 e. The zero-order chi connectivity index (χ0) is 18.0. The predicted molar refractivity (Wildman–Crippen MR) is 98.9 cm³/mol. The van der Waals surface area contributed by atoms with E-state index < -0.39 is 11.5 Å². The molecular formula is C21H33NO2. The van der Waals surface area contributed by atoms with Crippen LogP contribution in [0.4, 0.5) is 0 Å². The van der Waals surface area contributed by atoms with E-state index in [9.17, 15) is 9.90 Å². The van der Waals surface area contributed by atoms with Crippen molar-refractivity contribution in [3.05, 3.63) is 35.9 Å². The Kier molecular flexibility index (Phi) is 5.87. The maximum Gasteiger partial charge on any atom is 0.134 e. The summed E-state index contributed by atoms with van der Waals surface area (Å²) in [4.78, 5) is 14.8. The lowest BCUT2D eigenvalue weighted by Gasteiger charge is -2.50. The Morgan fingerprint density at radius 2 is 1.75 bits per heavy atom. The Balaban J connectivity index is 2.20. The minimum absolute atomic E-state index is 0.277. The van der Waals surface area contributed by atoms with Crippen molar-refractivity contribution in [2.45, 2.75) is 53.1 Å². The van der Waals surface area contributed by atoms with Crippen LogP contribution in [0.25, 0.3) is 0 Å². The minimum atomic E-state index is -0.488. The third-order valence-electron chi connectivity index (χ3n) is 5.28. The Morgan fingerprint density at radius 3 is 2.33 bits per heavy atom. The van der Waals surface area contributed by atoms with Crippen molar-refractivity contribution in [2.24, 2.45) is 16.7 Å². The molecule has 3 heteroatoms. The highest BCUT2D eigenvalue weighted by Crippen LogP contribution is 2.47. The van der Waals surface area contributed by atoms with Crippen LogP contribution in [0.15, 0.2) is 30.3 Å². The summed E-state index contributed by atoms with van der Waals surface area (Å²) in [7, 11) is 2.09. The summed E-state index contributed by atoms with van der Waals surface area (Å²) >= 11 is 0. The lowest BCUT2D eigenvalue weighted by Crippen LogP contribution is -2.56. The lowest BCUT2D eigenvalue weighted by atomic mass is 9.58. The van der Waals surface area contributed by atoms with Gasteiger partial charge in [0.15, 0.2) is 0 Å². The predicted octanol–water partition coefficient (Wildman–Crippen LogP) is 3.55. The lowest BCUT2D eigenvalue weighted by molar-refractivity contribution is -0.146. The SMILES string of the molecule is CC(C)CN(C)CC1(C)CC(=O)CC(C)(Cc2ccccc2)C1O. The molecule has 134 valence electrons. The monoisotopic (exact) mass is 331 g/mol. The quantitative estimate of drug-likeness (QED) is 0.866. The fourth-order valence-electron chi connectivity index (χ4n) is 4.67. The molecule has 2 rings (SSSR count). The minimum Gasteiger partial charge on any atom is -0.392 e. The number of nitrogens with zero attached hydrogens (tertiary/aromatic N) is 1. The van der Waals surface area contributed by atoms with Gasteiger partial charge in [0.1, 0.15) is 5.78 Å². The zero-order valence-electron chi connectivity index (χ0n) is 15.9. The number of hydrogen-bond acceptors (Lipinski definition) is 3. The van der Waals surface area contributed by atoms with Gasteiger partial charge in [-0.3, -0.25) is 4.79 Å². The van der Waals surface area contributed by atoms with Crippen LogP contribution in [0.1, 0.15) is 46.1 Å². The first-order valence-corrected chi connectivity index (χ1v) is 9.07. The maximum atomic E-state index is 12.5. The second-order valence-electron chi connectivity index (χ2n) is 8.86. The molecule has 3 nitrogen and oxygen atoms in total. The molecule has 0 spiro atoms. The molecule has 0 radical (unpaired) electrons. The van der Waals surface area contributed by atoms with Crippen molar-refractivity contribution in [3.63, 3.8) is 0 Å². The van der Waals surface area contributed by atoms with Gasteiger partial charge in [-0.15, -0.1) is 0 Å². The van der Waals surface area contributed by atoms with E-state index in [2.05, 4.69) is 51.8 Å². The van der Waals surface area contributed by atoms with Crippen LogP contribution >= 0.6 is 0 Å². The Morgan fingerprint density at radius 1 is 1.17 bits per heavy atom. The van der Waals surface area contributed by atoms with Gasteiger partial charge in [0.2, 0.25) is 0 Å². The maximum absolute atomic E-state index is 12.5. The molecule has 0 amide bonds. The first-order valence-electron chi connectivity index (χ1n) is 9.07. The molecule has 0 aliphatic heterocycles. The molecule has 1 aromatic carbocycles. The molecule has 3 unspecified atom stereocenters. The van der Waals surface area contributed by atoms with Crippen LogP contribution < -0.4 is 0 Å². The van der Waals surface area contributed by atoms with Gasteiger partial charge < -0.3 is 10.0 Å². The van der Waals surface area contributed by atoms with E-state index in [0.717, 1.165) is 19.5 Å². The van der Waals surface area contributed by atoms with Gasteiger partial charge in [-0.25, -0.2) is 0 Å². The Bertz CT molecular complexity index is 556. The summed E-state index contributed by atoms with van der Waals surface area (Å²) in [5, 5.41) is 11.2. The van der Waals surface area contributed by atoms with Gasteiger partial charge in [0.25, 0.3) is 0 Å². The number of aliphatic hydroxyl groups is 1. The molecule has 1 aromatic rings. The number of ketones is 1. The Hall–Kier alpha value is -1.19. The molecule has 0 heterocycles. The molecule has 1 fully saturated rings. The standard InChI is InChI=1S/C21H33NO2/c1-16(2)14-22(5)15-21(4)13-18(23)12-20(3,19(21)24)11-17-9-7-6-8-10-17/h6-10,16,19,24H,11-15H2,1-5H3. The topological polar surface area (TPSA) is 40.5 Å². The van der Waals surface area contributed by atoms with Crippen molar-refractivity contribution in [2.75, 3.05) is 20.1 Å². The van der Waals surface area contributed by atoms with Crippen LogP contribution in [0.3, 0.4) is 0 Å². The number of benzene rings is 1. The van der Waals surface area contributed by atoms with Crippen molar-refractivity contribution < 1.29 is 9.90 Å². The second kappa shape index (κ2) is 7.37. The number of hydrogen-bond donors (Lipinski definition) is 1. The number of carbonyl (C=O) groups is 1. The summed E-state index contributed by atoms with van der Waals surface area (Å²) in [5.41, 5.74) is 0.402. The van der Waals surface area contributed by atoms with E-state index in [-0.39, 0.29) is 11.2 Å². The van der Waals surface area contributed by atoms with E-state index in [4.69, 9.17) is 0 Å². The number of Topliss-reactive ketones (excluding diaryl/α,β-unsaturated/α-hetero) is 1. The molecule has 0 bridgehead atoms. The second-order valence-corrected chi connectivity index (χ2v) is 8.86. The molecule has 1 aliphatic carbocycles. The summed E-state index contributed by atoms with van der Waals surface area (Å²) in [6, 6.07) is 10.2. The average Bonchev–Trinajstić information content (AvgIpc) is 2.44. The number of rotatable bonds is 6. The van der Waals surface area contributed by atoms with Gasteiger partial charge in [0.05, 0.1) is 6.10 Å². The van der Waals surface area contributed by atoms with Crippen LogP contribution in [-0.4, -0.2) is 42.0 Å². The summed E-state index contributed by atoms with van der Waals surface area (Å²) < 4.78 is 0. The molecule has 0 saturated heterocycles. The third kappa shape index (κ3) is 4.46. The van der Waals surface area contributed by atoms with Crippen molar-refractivity contribution in [3.8, 4) is 0 Å². The molecule has 24 heavy (non-hydrogen) atoms. The fourth-order valence-corrected chi connectivity index (χ4v) is 4.67. The van der Waals surface area contributed by atoms with E-state index in [1.165, 1.54) is 5.56 Å². The third-order valence-corrected chi connectivity index (χ3v) is 5.28. The highest BCUT2D eigenvalue weighted by Gasteiger charge is 2.51. The van der Waals surface area contributed by atoms with Crippen LogP contribution in [0, 0.1) is 16.7 Å². The molecule has 1 aliphatic rings. The van der Waals surface area contributed by atoms with E-state index in [0.29, 0.717) is 18.8 Å². The normalized spacial score (nSPS) is 31.0. The molecule has 3 atom stereocenters. The molecule has 0 aromatic heterocycles. The van der Waals surface area contributed by atoms with E-state index in [1.807, 2.05) is 18.2 Å². The summed E-state index contributed by atoms with van der Waals surface area (Å²) in [6.45, 7) is 10.3. The van der Waals surface area contributed by atoms with Crippen LogP contribution in [0.2, 0.25) is 0 Å². The highest BCUT2D eigenvalue weighted by atomic mass is 16.3. The summed E-state index contributed by atoms with van der Waals surface area (Å²) in [6.07, 6.45) is 1.19. The molecule has 1 saturated carbocycles. The van der Waals surface area contributed by atoms with Gasteiger partial charge >= 0.3 is 0 Å². The average molecular weight is 331 g/mol. The van der Waals surface area contributed by atoms with Gasteiger partial charge in [-0.2, -0.15) is 0 Å². The number of carbonyl (C=O) groups excluding carboxylic acids is 1. The molecular weight excluding hydrogens is 298 g/mol. The molecule has 1 N–H and O–H groups in total. The van der Waals surface area contributed by atoms with Crippen LogP contribution in [-0.2, 0) is 11.2 Å². The van der Waals surface area contributed by atoms with Gasteiger partial charge in [-0.1, -0.05) is 58.0 Å².